The van der Waals surface area contributed by atoms with Crippen LogP contribution in [0.4, 0.5) is 4.79 Å². The van der Waals surface area contributed by atoms with Crippen molar-refractivity contribution in [1.29, 1.82) is 0 Å². The van der Waals surface area contributed by atoms with Crippen LogP contribution in [0.2, 0.25) is 0 Å². The fraction of sp³-hybridized carbons (Fsp3) is 0.250. The maximum absolute atomic E-state index is 12.0. The molecule has 1 atom stereocenters. The molecule has 0 aliphatic heterocycles. The van der Waals surface area contributed by atoms with E-state index in [0.29, 0.717) is 5.75 Å². The lowest BCUT2D eigenvalue weighted by molar-refractivity contribution is -0.126. The van der Waals surface area contributed by atoms with Crippen LogP contribution in [0.15, 0.2) is 54.6 Å². The Labute approximate surface area is 163 Å². The lowest BCUT2D eigenvalue weighted by Gasteiger charge is -2.16. The third kappa shape index (κ3) is 6.99. The normalized spacial score (nSPS) is 11.2. The van der Waals surface area contributed by atoms with Gasteiger partial charge in [0.25, 0.3) is 0 Å². The quantitative estimate of drug-likeness (QED) is 0.598. The summed E-state index contributed by atoms with van der Waals surface area (Å²) >= 11 is 0. The lowest BCUT2D eigenvalue weighted by Crippen LogP contribution is -2.49. The highest BCUT2D eigenvalue weighted by atomic mass is 16.5. The van der Waals surface area contributed by atoms with Gasteiger partial charge in [0.05, 0.1) is 7.11 Å². The molecule has 0 saturated heterocycles. The largest absolute Gasteiger partial charge is 0.497 e. The first kappa shape index (κ1) is 20.8. The summed E-state index contributed by atoms with van der Waals surface area (Å²) in [5.74, 6) is -0.536. The molecule has 148 valence electrons. The Bertz CT molecular complexity index is 793. The molecule has 2 rings (SSSR count). The average molecular weight is 385 g/mol. The van der Waals surface area contributed by atoms with E-state index in [2.05, 4.69) is 10.6 Å². The van der Waals surface area contributed by atoms with Crippen LogP contribution in [-0.4, -0.2) is 37.6 Å². The van der Waals surface area contributed by atoms with Crippen molar-refractivity contribution in [3.63, 3.8) is 0 Å². The molecule has 8 heteroatoms. The molecule has 0 heterocycles. The number of nitrogens with two attached hydrogens (primary N) is 1. The number of ether oxygens (including phenoxy) is 2. The zero-order valence-corrected chi connectivity index (χ0v) is 15.5. The third-order valence-corrected chi connectivity index (χ3v) is 3.88. The van der Waals surface area contributed by atoms with E-state index in [1.165, 1.54) is 0 Å². The maximum atomic E-state index is 12.0. The summed E-state index contributed by atoms with van der Waals surface area (Å²) in [5, 5.41) is 4.84. The standard InChI is InChI=1S/C20H23N3O5/c1-27-16-9-7-14(8-10-16)11-17(19(21)25)23-18(24)12-22-20(26)28-13-15-5-3-2-4-6-15/h2-10,17H,11-13H2,1H3,(H2,21,25)(H,22,26)(H,23,24)/t17-/m0/s1. The number of primary amides is 1. The number of alkyl carbamates (subject to hydrolysis) is 1. The van der Waals surface area contributed by atoms with Crippen LogP contribution < -0.4 is 21.1 Å². The van der Waals surface area contributed by atoms with Gasteiger partial charge >= 0.3 is 6.09 Å². The molecule has 2 aromatic carbocycles. The number of hydrogen-bond donors (Lipinski definition) is 3. The summed E-state index contributed by atoms with van der Waals surface area (Å²) in [4.78, 5) is 35.3. The van der Waals surface area contributed by atoms with Gasteiger partial charge in [0.1, 0.15) is 24.9 Å². The van der Waals surface area contributed by atoms with Crippen molar-refractivity contribution >= 4 is 17.9 Å². The maximum Gasteiger partial charge on any atom is 0.407 e. The number of methoxy groups -OCH3 is 1. The van der Waals surface area contributed by atoms with E-state index in [-0.39, 0.29) is 19.6 Å². The first-order chi connectivity index (χ1) is 13.5. The molecule has 0 unspecified atom stereocenters. The molecule has 0 aliphatic rings. The summed E-state index contributed by atoms with van der Waals surface area (Å²) in [5.41, 5.74) is 7.00. The van der Waals surface area contributed by atoms with Crippen LogP contribution in [0, 0.1) is 0 Å². The fourth-order valence-corrected chi connectivity index (χ4v) is 2.39. The number of amides is 3. The minimum atomic E-state index is -0.900. The minimum absolute atomic E-state index is 0.0929. The van der Waals surface area contributed by atoms with Crippen LogP contribution in [0.25, 0.3) is 0 Å². The molecular formula is C20H23N3O5. The van der Waals surface area contributed by atoms with Gasteiger partial charge in [-0.1, -0.05) is 42.5 Å². The summed E-state index contributed by atoms with van der Waals surface area (Å²) in [6.45, 7) is -0.240. The number of carbonyl (C=O) groups is 3. The summed E-state index contributed by atoms with van der Waals surface area (Å²) < 4.78 is 10.1. The third-order valence-electron chi connectivity index (χ3n) is 3.88. The van der Waals surface area contributed by atoms with E-state index in [1.807, 2.05) is 30.3 Å². The highest BCUT2D eigenvalue weighted by Crippen LogP contribution is 2.12. The van der Waals surface area contributed by atoms with Gasteiger partial charge in [-0.25, -0.2) is 4.79 Å². The van der Waals surface area contributed by atoms with Crippen LogP contribution in [-0.2, 0) is 27.4 Å². The van der Waals surface area contributed by atoms with Crippen LogP contribution >= 0.6 is 0 Å². The van der Waals surface area contributed by atoms with Gasteiger partial charge in [-0.05, 0) is 23.3 Å². The van der Waals surface area contributed by atoms with E-state index in [9.17, 15) is 14.4 Å². The topological polar surface area (TPSA) is 120 Å². The van der Waals surface area contributed by atoms with Crippen molar-refractivity contribution in [1.82, 2.24) is 10.6 Å². The Morgan fingerprint density at radius 2 is 1.68 bits per heavy atom. The molecule has 0 saturated carbocycles. The molecule has 0 fully saturated rings. The molecule has 28 heavy (non-hydrogen) atoms. The minimum Gasteiger partial charge on any atom is -0.497 e. The number of benzene rings is 2. The van der Waals surface area contributed by atoms with Crippen LogP contribution in [0.1, 0.15) is 11.1 Å². The van der Waals surface area contributed by atoms with Gasteiger partial charge in [-0.2, -0.15) is 0 Å². The van der Waals surface area contributed by atoms with Gasteiger partial charge in [0.15, 0.2) is 0 Å². The van der Waals surface area contributed by atoms with Gasteiger partial charge in [0.2, 0.25) is 11.8 Å². The predicted octanol–water partition coefficient (Wildman–Crippen LogP) is 1.13. The molecule has 8 nitrogen and oxygen atoms in total. The van der Waals surface area contributed by atoms with Crippen LogP contribution in [0.5, 0.6) is 5.75 Å². The Hall–Kier alpha value is -3.55. The molecule has 2 aromatic rings. The second-order valence-electron chi connectivity index (χ2n) is 5.99. The molecular weight excluding hydrogens is 362 g/mol. The zero-order valence-electron chi connectivity index (χ0n) is 15.5. The van der Waals surface area contributed by atoms with Crippen molar-refractivity contribution in [3.8, 4) is 5.75 Å². The van der Waals surface area contributed by atoms with E-state index < -0.39 is 23.9 Å². The van der Waals surface area contributed by atoms with E-state index in [0.717, 1.165) is 11.1 Å². The Kier molecular flexibility index (Phi) is 7.83. The predicted molar refractivity (Wildman–Crippen MR) is 102 cm³/mol. The molecule has 3 amide bonds. The van der Waals surface area contributed by atoms with Crippen molar-refractivity contribution in [3.05, 3.63) is 65.7 Å². The Morgan fingerprint density at radius 1 is 1.00 bits per heavy atom. The second-order valence-corrected chi connectivity index (χ2v) is 5.99. The average Bonchev–Trinajstić information content (AvgIpc) is 2.71. The molecule has 0 bridgehead atoms. The number of carbonyl (C=O) groups excluding carboxylic acids is 3. The molecule has 0 aromatic heterocycles. The molecule has 0 radical (unpaired) electrons. The zero-order chi connectivity index (χ0) is 20.4. The smallest absolute Gasteiger partial charge is 0.407 e. The van der Waals surface area contributed by atoms with Crippen molar-refractivity contribution < 1.29 is 23.9 Å². The molecule has 4 N–H and O–H groups in total. The number of hydrogen-bond acceptors (Lipinski definition) is 5. The summed E-state index contributed by atoms with van der Waals surface area (Å²) in [6.07, 6.45) is -0.506. The monoisotopic (exact) mass is 385 g/mol. The number of rotatable bonds is 9. The SMILES string of the molecule is COc1ccc(C[C@H](NC(=O)CNC(=O)OCc2ccccc2)C(N)=O)cc1. The highest BCUT2D eigenvalue weighted by Gasteiger charge is 2.19. The fourth-order valence-electron chi connectivity index (χ4n) is 2.39. The number of nitrogens with one attached hydrogen (secondary N) is 2. The van der Waals surface area contributed by atoms with Gasteiger partial charge < -0.3 is 25.8 Å². The van der Waals surface area contributed by atoms with E-state index in [4.69, 9.17) is 15.2 Å². The van der Waals surface area contributed by atoms with Gasteiger partial charge in [-0.15, -0.1) is 0 Å². The van der Waals surface area contributed by atoms with Crippen LogP contribution in [0.3, 0.4) is 0 Å². The highest BCUT2D eigenvalue weighted by molar-refractivity contribution is 5.88. The second kappa shape index (κ2) is 10.6. The summed E-state index contributed by atoms with van der Waals surface area (Å²) in [6, 6.07) is 15.3. The van der Waals surface area contributed by atoms with Crippen molar-refractivity contribution in [2.45, 2.75) is 19.1 Å². The van der Waals surface area contributed by atoms with E-state index >= 15 is 0 Å². The Balaban J connectivity index is 1.78. The van der Waals surface area contributed by atoms with Crippen molar-refractivity contribution in [2.24, 2.45) is 5.73 Å². The molecule has 0 aliphatic carbocycles. The van der Waals surface area contributed by atoms with E-state index in [1.54, 1.807) is 31.4 Å². The first-order valence-corrected chi connectivity index (χ1v) is 8.64. The lowest BCUT2D eigenvalue weighted by atomic mass is 10.1. The van der Waals surface area contributed by atoms with Gasteiger partial charge in [-0.3, -0.25) is 9.59 Å². The molecule has 0 spiro atoms. The first-order valence-electron chi connectivity index (χ1n) is 8.64. The summed E-state index contributed by atoms with van der Waals surface area (Å²) in [7, 11) is 1.55. The van der Waals surface area contributed by atoms with Crippen molar-refractivity contribution in [2.75, 3.05) is 13.7 Å². The Morgan fingerprint density at radius 3 is 2.29 bits per heavy atom. The van der Waals surface area contributed by atoms with Gasteiger partial charge in [0, 0.05) is 6.42 Å².